The summed E-state index contributed by atoms with van der Waals surface area (Å²) >= 11 is 7.42. The van der Waals surface area contributed by atoms with Crippen LogP contribution in [0.15, 0.2) is 100 Å². The number of nitrogens with one attached hydrogen (secondary N) is 3. The summed E-state index contributed by atoms with van der Waals surface area (Å²) in [6.07, 6.45) is 1.56. The molecule has 1 aromatic heterocycles. The number of carbonyl (C=O) groups excluding carboxylic acids is 3. The van der Waals surface area contributed by atoms with Crippen molar-refractivity contribution >= 4 is 58.7 Å². The second-order valence-corrected chi connectivity index (χ2v) is 9.56. The van der Waals surface area contributed by atoms with Crippen LogP contribution in [-0.4, -0.2) is 28.6 Å². The van der Waals surface area contributed by atoms with Crippen LogP contribution in [-0.2, 0) is 9.59 Å². The van der Waals surface area contributed by atoms with Crippen molar-refractivity contribution in [3.63, 3.8) is 0 Å². The average molecular weight is 547 g/mol. The van der Waals surface area contributed by atoms with Crippen LogP contribution >= 0.6 is 23.4 Å². The Bertz CT molecular complexity index is 1470. The minimum absolute atomic E-state index is 0.0549. The minimum atomic E-state index is -0.503. The van der Waals surface area contributed by atoms with Crippen LogP contribution in [0.3, 0.4) is 0 Å². The summed E-state index contributed by atoms with van der Waals surface area (Å²) in [6.45, 7) is 1.74. The van der Waals surface area contributed by atoms with E-state index < -0.39 is 11.8 Å². The van der Waals surface area contributed by atoms with Gasteiger partial charge >= 0.3 is 0 Å². The van der Waals surface area contributed by atoms with Crippen LogP contribution < -0.4 is 16.0 Å². The molecule has 0 unspecified atom stereocenters. The van der Waals surface area contributed by atoms with Crippen LogP contribution in [0.2, 0.25) is 5.02 Å². The average Bonchev–Trinajstić information content (AvgIpc) is 3.32. The number of thioether (sulfide) groups is 1. The molecule has 0 atom stereocenters. The highest BCUT2D eigenvalue weighted by Gasteiger charge is 2.15. The maximum atomic E-state index is 13.1. The Morgan fingerprint density at radius 2 is 1.71 bits per heavy atom. The van der Waals surface area contributed by atoms with Crippen LogP contribution in [0.4, 0.5) is 11.5 Å². The fraction of sp³-hybridized carbons (Fsp3) is 0.0714. The Morgan fingerprint density at radius 1 is 0.947 bits per heavy atom. The van der Waals surface area contributed by atoms with E-state index >= 15 is 0 Å². The summed E-state index contributed by atoms with van der Waals surface area (Å²) in [5, 5.41) is 12.4. The van der Waals surface area contributed by atoms with Gasteiger partial charge in [0.05, 0.1) is 5.75 Å². The third kappa shape index (κ3) is 7.83. The van der Waals surface area contributed by atoms with Gasteiger partial charge in [-0.05, 0) is 67.1 Å². The van der Waals surface area contributed by atoms with Gasteiger partial charge in [0.2, 0.25) is 5.91 Å². The first-order valence-corrected chi connectivity index (χ1v) is 12.8. The molecule has 4 aromatic rings. The second-order valence-electron chi connectivity index (χ2n) is 8.07. The molecule has 3 N–H and O–H groups in total. The van der Waals surface area contributed by atoms with Crippen molar-refractivity contribution in [2.24, 2.45) is 0 Å². The molecular formula is C28H23ClN4O4S. The van der Waals surface area contributed by atoms with Crippen molar-refractivity contribution in [3.8, 4) is 0 Å². The van der Waals surface area contributed by atoms with E-state index in [9.17, 15) is 14.4 Å². The lowest BCUT2D eigenvalue weighted by Crippen LogP contribution is -2.30. The number of amides is 3. The van der Waals surface area contributed by atoms with Gasteiger partial charge in [-0.15, -0.1) is 11.8 Å². The molecule has 0 radical (unpaired) electrons. The molecule has 0 spiro atoms. The standard InChI is InChI=1S/C28H23ClN4O4S/c1-18-14-25(33-37-18)32-26(34)17-38-23-12-10-22(11-13-23)30-28(36)24(16-19-6-5-9-21(29)15-19)31-27(35)20-7-3-2-4-8-20/h2-16H,17H2,1H3,(H,30,36)(H,31,35)(H,32,33,34)/b24-16-. The van der Waals surface area contributed by atoms with Crippen molar-refractivity contribution in [3.05, 3.63) is 113 Å². The molecule has 8 nitrogen and oxygen atoms in total. The lowest BCUT2D eigenvalue weighted by molar-refractivity contribution is -0.114. The molecule has 0 aliphatic rings. The second kappa shape index (κ2) is 12.8. The fourth-order valence-electron chi connectivity index (χ4n) is 3.29. The molecule has 0 fully saturated rings. The summed E-state index contributed by atoms with van der Waals surface area (Å²) in [5.41, 5.74) is 1.65. The first-order valence-electron chi connectivity index (χ1n) is 11.5. The van der Waals surface area contributed by atoms with Gasteiger partial charge in [0.25, 0.3) is 11.8 Å². The summed E-state index contributed by atoms with van der Waals surface area (Å²) < 4.78 is 4.93. The van der Waals surface area contributed by atoms with Gasteiger partial charge in [-0.25, -0.2) is 0 Å². The number of benzene rings is 3. The number of aryl methyl sites for hydroxylation is 1. The van der Waals surface area contributed by atoms with Gasteiger partial charge in [-0.1, -0.05) is 47.1 Å². The molecule has 4 rings (SSSR count). The molecule has 3 aromatic carbocycles. The van der Waals surface area contributed by atoms with Crippen molar-refractivity contribution in [2.45, 2.75) is 11.8 Å². The number of carbonyl (C=O) groups is 3. The van der Waals surface area contributed by atoms with Gasteiger partial charge in [-0.2, -0.15) is 0 Å². The molecule has 192 valence electrons. The third-order valence-corrected chi connectivity index (χ3v) is 6.31. The first kappa shape index (κ1) is 26.7. The molecule has 1 heterocycles. The molecule has 0 saturated heterocycles. The number of hydrogen-bond donors (Lipinski definition) is 3. The molecular weight excluding hydrogens is 524 g/mol. The summed E-state index contributed by atoms with van der Waals surface area (Å²) in [4.78, 5) is 38.9. The Balaban J connectivity index is 1.41. The first-order chi connectivity index (χ1) is 18.4. The maximum absolute atomic E-state index is 13.1. The minimum Gasteiger partial charge on any atom is -0.360 e. The third-order valence-electron chi connectivity index (χ3n) is 5.07. The zero-order chi connectivity index (χ0) is 26.9. The van der Waals surface area contributed by atoms with Gasteiger partial charge in [0.1, 0.15) is 11.5 Å². The lowest BCUT2D eigenvalue weighted by atomic mass is 10.1. The van der Waals surface area contributed by atoms with Gasteiger partial charge in [0, 0.05) is 27.2 Å². The topological polar surface area (TPSA) is 113 Å². The highest BCUT2D eigenvalue weighted by molar-refractivity contribution is 8.00. The number of rotatable bonds is 9. The quantitative estimate of drug-likeness (QED) is 0.181. The number of nitrogens with zero attached hydrogens (tertiary/aromatic N) is 1. The fourth-order valence-corrected chi connectivity index (χ4v) is 4.19. The summed E-state index contributed by atoms with van der Waals surface area (Å²) in [6, 6.07) is 24.2. The molecule has 38 heavy (non-hydrogen) atoms. The van der Waals surface area contributed by atoms with E-state index in [4.69, 9.17) is 16.1 Å². The van der Waals surface area contributed by atoms with Gasteiger partial charge < -0.3 is 20.5 Å². The molecule has 0 bridgehead atoms. The van der Waals surface area contributed by atoms with Crippen molar-refractivity contribution in [1.29, 1.82) is 0 Å². The number of hydrogen-bond acceptors (Lipinski definition) is 6. The molecule has 0 aliphatic carbocycles. The predicted molar refractivity (Wildman–Crippen MR) is 149 cm³/mol. The Kier molecular flexibility index (Phi) is 8.97. The number of anilines is 2. The molecule has 0 aliphatic heterocycles. The van der Waals surface area contributed by atoms with Crippen LogP contribution in [0, 0.1) is 6.92 Å². The zero-order valence-electron chi connectivity index (χ0n) is 20.2. The van der Waals surface area contributed by atoms with Crippen LogP contribution in [0.5, 0.6) is 0 Å². The van der Waals surface area contributed by atoms with E-state index in [0.717, 1.165) is 4.90 Å². The summed E-state index contributed by atoms with van der Waals surface area (Å²) in [5.74, 6) is 0.0145. The van der Waals surface area contributed by atoms with E-state index in [1.807, 2.05) is 0 Å². The summed E-state index contributed by atoms with van der Waals surface area (Å²) in [7, 11) is 0. The molecule has 3 amide bonds. The number of aromatic nitrogens is 1. The van der Waals surface area contributed by atoms with E-state index in [-0.39, 0.29) is 17.4 Å². The Labute approximate surface area is 228 Å². The highest BCUT2D eigenvalue weighted by atomic mass is 35.5. The van der Waals surface area contributed by atoms with E-state index in [2.05, 4.69) is 21.1 Å². The van der Waals surface area contributed by atoms with Crippen LogP contribution in [0.25, 0.3) is 6.08 Å². The van der Waals surface area contributed by atoms with Gasteiger partial charge in [-0.3, -0.25) is 14.4 Å². The largest absolute Gasteiger partial charge is 0.360 e. The maximum Gasteiger partial charge on any atom is 0.272 e. The van der Waals surface area contributed by atoms with Gasteiger partial charge in [0.15, 0.2) is 5.82 Å². The number of halogens is 1. The van der Waals surface area contributed by atoms with Crippen molar-refractivity contribution in [2.75, 3.05) is 16.4 Å². The SMILES string of the molecule is Cc1cc(NC(=O)CSc2ccc(NC(=O)/C(=C/c3cccc(Cl)c3)NC(=O)c3ccccc3)cc2)no1. The normalized spacial score (nSPS) is 11.1. The Morgan fingerprint density at radius 3 is 2.39 bits per heavy atom. The molecule has 10 heteroatoms. The van der Waals surface area contributed by atoms with Crippen molar-refractivity contribution < 1.29 is 18.9 Å². The van der Waals surface area contributed by atoms with Crippen molar-refractivity contribution in [1.82, 2.24) is 10.5 Å². The predicted octanol–water partition coefficient (Wildman–Crippen LogP) is 5.78. The lowest BCUT2D eigenvalue weighted by Gasteiger charge is -2.12. The Hall–Kier alpha value is -4.34. The molecule has 0 saturated carbocycles. The highest BCUT2D eigenvalue weighted by Crippen LogP contribution is 2.21. The zero-order valence-corrected chi connectivity index (χ0v) is 21.8. The van der Waals surface area contributed by atoms with E-state index in [1.165, 1.54) is 11.8 Å². The van der Waals surface area contributed by atoms with E-state index in [1.54, 1.807) is 97.9 Å². The smallest absolute Gasteiger partial charge is 0.272 e. The van der Waals surface area contributed by atoms with Crippen LogP contribution in [0.1, 0.15) is 21.7 Å². The monoisotopic (exact) mass is 546 g/mol. The van der Waals surface area contributed by atoms with E-state index in [0.29, 0.717) is 33.4 Å².